The second-order valence-electron chi connectivity index (χ2n) is 7.41. The van der Waals surface area contributed by atoms with Crippen LogP contribution in [-0.2, 0) is 0 Å². The van der Waals surface area contributed by atoms with Gasteiger partial charge in [0.05, 0.1) is 0 Å². The molecule has 0 aliphatic carbocycles. The summed E-state index contributed by atoms with van der Waals surface area (Å²) in [4.78, 5) is 0. The first-order valence-electron chi connectivity index (χ1n) is 8.74. The molecule has 0 aliphatic rings. The van der Waals surface area contributed by atoms with Gasteiger partial charge < -0.3 is 20.8 Å². The number of phenols is 2. The molecule has 8 nitrogen and oxygen atoms in total. The Morgan fingerprint density at radius 1 is 0.667 bits per heavy atom. The van der Waals surface area contributed by atoms with Crippen LogP contribution in [0.3, 0.4) is 0 Å². The van der Waals surface area contributed by atoms with Gasteiger partial charge in [0.15, 0.2) is 0 Å². The van der Waals surface area contributed by atoms with E-state index < -0.39 is 11.1 Å². The second kappa shape index (κ2) is 10.8. The molecule has 0 fully saturated rings. The minimum Gasteiger partial charge on any atom is -0.508 e. The summed E-state index contributed by atoms with van der Waals surface area (Å²) in [6.07, 6.45) is 0. The standard InChI is InChI=1S/C20H26N6O2.2ClH/c1-19(2,17(21)23-13-5-9-15(27)10-6-13)25-26-20(3,4)18(22)24-14-7-11-16(28)12-8-14;;/h5-12,27-28H,1-4H3,(H2,21,23)(H2,22,24);2*1H/b26-25+;;. The van der Waals surface area contributed by atoms with E-state index in [2.05, 4.69) is 20.9 Å². The maximum absolute atomic E-state index is 9.34. The quantitative estimate of drug-likeness (QED) is 0.150. The number of aromatic hydroxyl groups is 2. The van der Waals surface area contributed by atoms with Gasteiger partial charge in [-0.15, -0.1) is 24.8 Å². The summed E-state index contributed by atoms with van der Waals surface area (Å²) in [5.41, 5.74) is -0.554. The van der Waals surface area contributed by atoms with Crippen LogP contribution >= 0.6 is 24.8 Å². The fourth-order valence-electron chi connectivity index (χ4n) is 2.03. The van der Waals surface area contributed by atoms with E-state index in [0.29, 0.717) is 11.4 Å². The number of rotatable bonds is 6. The Kier molecular flexibility index (Phi) is 9.78. The minimum absolute atomic E-state index is 0. The molecule has 0 aliphatic heterocycles. The number of halogens is 2. The van der Waals surface area contributed by atoms with Gasteiger partial charge in [0.1, 0.15) is 34.2 Å². The second-order valence-corrected chi connectivity index (χ2v) is 7.41. The topological polar surface area (TPSA) is 137 Å². The molecule has 0 radical (unpaired) electrons. The van der Waals surface area contributed by atoms with Crippen molar-refractivity contribution in [3.05, 3.63) is 48.5 Å². The molecule has 0 atom stereocenters. The highest BCUT2D eigenvalue weighted by atomic mass is 35.5. The van der Waals surface area contributed by atoms with Crippen molar-refractivity contribution in [2.45, 2.75) is 38.8 Å². The van der Waals surface area contributed by atoms with E-state index in [9.17, 15) is 10.2 Å². The Balaban J connectivity index is 0.00000420. The van der Waals surface area contributed by atoms with Crippen LogP contribution < -0.4 is 10.6 Å². The van der Waals surface area contributed by atoms with E-state index >= 15 is 0 Å². The monoisotopic (exact) mass is 454 g/mol. The average molecular weight is 455 g/mol. The highest BCUT2D eigenvalue weighted by molar-refractivity contribution is 6.01. The third-order valence-corrected chi connectivity index (χ3v) is 4.05. The number of nitrogens with zero attached hydrogens (tertiary/aromatic N) is 2. The molecule has 10 heteroatoms. The summed E-state index contributed by atoms with van der Waals surface area (Å²) in [7, 11) is 0. The number of nitrogens with one attached hydrogen (secondary N) is 4. The molecule has 0 bridgehead atoms. The maximum atomic E-state index is 9.34. The molecule has 0 aromatic heterocycles. The Bertz CT molecular complexity index is 808. The predicted octanol–water partition coefficient (Wildman–Crippen LogP) is 5.43. The predicted molar refractivity (Wildman–Crippen MR) is 126 cm³/mol. The molecule has 30 heavy (non-hydrogen) atoms. The van der Waals surface area contributed by atoms with Gasteiger partial charge in [0, 0.05) is 11.4 Å². The molecule has 0 saturated carbocycles. The largest absolute Gasteiger partial charge is 0.508 e. The van der Waals surface area contributed by atoms with Crippen molar-refractivity contribution in [2.75, 3.05) is 10.6 Å². The number of hydrogen-bond acceptors (Lipinski definition) is 6. The molecular weight excluding hydrogens is 427 g/mol. The molecule has 2 rings (SSSR count). The first-order valence-corrected chi connectivity index (χ1v) is 8.74. The highest BCUT2D eigenvalue weighted by Crippen LogP contribution is 2.22. The smallest absolute Gasteiger partial charge is 0.133 e. The van der Waals surface area contributed by atoms with Crippen molar-refractivity contribution in [2.24, 2.45) is 10.2 Å². The van der Waals surface area contributed by atoms with Gasteiger partial charge in [0.2, 0.25) is 0 Å². The van der Waals surface area contributed by atoms with Gasteiger partial charge in [-0.25, -0.2) is 0 Å². The van der Waals surface area contributed by atoms with E-state index in [4.69, 9.17) is 10.8 Å². The molecule has 0 amide bonds. The zero-order chi connectivity index (χ0) is 20.9. The summed E-state index contributed by atoms with van der Waals surface area (Å²) in [6.45, 7) is 7.00. The van der Waals surface area contributed by atoms with E-state index in [1.165, 1.54) is 24.3 Å². The fraction of sp³-hybridized carbons (Fsp3) is 0.300. The van der Waals surface area contributed by atoms with Crippen molar-refractivity contribution in [1.29, 1.82) is 10.8 Å². The van der Waals surface area contributed by atoms with Gasteiger partial charge >= 0.3 is 0 Å². The summed E-state index contributed by atoms with van der Waals surface area (Å²) in [6, 6.07) is 12.8. The fourth-order valence-corrected chi connectivity index (χ4v) is 2.03. The molecule has 0 unspecified atom stereocenters. The molecule has 6 N–H and O–H groups in total. The van der Waals surface area contributed by atoms with Crippen LogP contribution in [0.1, 0.15) is 27.7 Å². The van der Waals surface area contributed by atoms with Crippen LogP contribution in [0.15, 0.2) is 58.8 Å². The third-order valence-electron chi connectivity index (χ3n) is 4.05. The van der Waals surface area contributed by atoms with Gasteiger partial charge in [-0.1, -0.05) is 0 Å². The molecule has 0 saturated heterocycles. The van der Waals surface area contributed by atoms with Crippen molar-refractivity contribution < 1.29 is 10.2 Å². The number of azo groups is 1. The first kappa shape index (κ1) is 27.2. The van der Waals surface area contributed by atoms with Crippen molar-refractivity contribution >= 4 is 47.9 Å². The van der Waals surface area contributed by atoms with Gasteiger partial charge in [0.25, 0.3) is 0 Å². The van der Waals surface area contributed by atoms with Crippen LogP contribution in [0.2, 0.25) is 0 Å². The maximum Gasteiger partial charge on any atom is 0.133 e. The van der Waals surface area contributed by atoms with Crippen molar-refractivity contribution in [1.82, 2.24) is 0 Å². The molecule has 0 heterocycles. The van der Waals surface area contributed by atoms with E-state index in [0.717, 1.165) is 0 Å². The summed E-state index contributed by atoms with van der Waals surface area (Å²) in [5.74, 6) is 0.571. The number of benzene rings is 2. The summed E-state index contributed by atoms with van der Waals surface area (Å²) >= 11 is 0. The number of phenolic OH excluding ortho intramolecular Hbond substituents is 2. The Hall–Kier alpha value is -2.84. The van der Waals surface area contributed by atoms with Crippen LogP contribution in [0.5, 0.6) is 11.5 Å². The van der Waals surface area contributed by atoms with Crippen molar-refractivity contribution in [3.8, 4) is 11.5 Å². The van der Waals surface area contributed by atoms with E-state index in [-0.39, 0.29) is 48.0 Å². The Morgan fingerprint density at radius 3 is 1.20 bits per heavy atom. The van der Waals surface area contributed by atoms with Crippen molar-refractivity contribution in [3.63, 3.8) is 0 Å². The highest BCUT2D eigenvalue weighted by Gasteiger charge is 2.28. The normalized spacial score (nSPS) is 11.2. The van der Waals surface area contributed by atoms with Crippen LogP contribution in [0.25, 0.3) is 0 Å². The lowest BCUT2D eigenvalue weighted by atomic mass is 10.0. The Labute approximate surface area is 188 Å². The first-order chi connectivity index (χ1) is 13.0. The lowest BCUT2D eigenvalue weighted by Crippen LogP contribution is -2.38. The average Bonchev–Trinajstić information content (AvgIpc) is 2.64. The molecule has 164 valence electrons. The zero-order valence-corrected chi connectivity index (χ0v) is 18.9. The van der Waals surface area contributed by atoms with Gasteiger partial charge in [-0.05, 0) is 76.2 Å². The summed E-state index contributed by atoms with van der Waals surface area (Å²) in [5, 5.41) is 49.7. The van der Waals surface area contributed by atoms with Crippen LogP contribution in [0, 0.1) is 10.8 Å². The number of anilines is 2. The number of amidine groups is 2. The van der Waals surface area contributed by atoms with E-state index in [1.54, 1.807) is 52.0 Å². The lowest BCUT2D eigenvalue weighted by Gasteiger charge is -2.25. The third kappa shape index (κ3) is 7.53. The number of hydrogen-bond donors (Lipinski definition) is 6. The van der Waals surface area contributed by atoms with E-state index in [1.807, 2.05) is 0 Å². The van der Waals surface area contributed by atoms with Gasteiger partial charge in [-0.2, -0.15) is 10.2 Å². The zero-order valence-electron chi connectivity index (χ0n) is 17.2. The molecular formula is C20H28Cl2N6O2. The summed E-state index contributed by atoms with van der Waals surface area (Å²) < 4.78 is 0. The Morgan fingerprint density at radius 2 is 0.933 bits per heavy atom. The lowest BCUT2D eigenvalue weighted by molar-refractivity contribution is 0.475. The molecule has 2 aromatic carbocycles. The molecule has 2 aromatic rings. The molecule has 0 spiro atoms. The van der Waals surface area contributed by atoms with Crippen LogP contribution in [0.4, 0.5) is 11.4 Å². The minimum atomic E-state index is -0.937. The van der Waals surface area contributed by atoms with Crippen LogP contribution in [-0.4, -0.2) is 33.0 Å². The van der Waals surface area contributed by atoms with Gasteiger partial charge in [-0.3, -0.25) is 10.8 Å². The SMILES string of the molecule is CC(C)(/N=N/C(C)(C)C(=N)Nc1ccc(O)cc1)C(=N)Nc1ccc(O)cc1.Cl.Cl.